The first-order valence-corrected chi connectivity index (χ1v) is 4.94. The second-order valence-corrected chi connectivity index (χ2v) is 4.06. The number of carbonyl (C=O) groups excluding carboxylic acids is 1. The molecule has 0 saturated carbocycles. The first-order valence-electron chi connectivity index (χ1n) is 3.79. The lowest BCUT2D eigenvalue weighted by molar-refractivity contribution is -0.112. The Hall–Kier alpha value is -1.22. The average molecular weight is 194 g/mol. The van der Waals surface area contributed by atoms with Gasteiger partial charge in [0.25, 0.3) is 0 Å². The van der Waals surface area contributed by atoms with E-state index in [1.807, 2.05) is 6.07 Å². The van der Waals surface area contributed by atoms with Crippen LogP contribution in [0.15, 0.2) is 46.7 Å². The fourth-order valence-electron chi connectivity index (χ4n) is 0.817. The molecule has 0 spiro atoms. The van der Waals surface area contributed by atoms with E-state index >= 15 is 0 Å². The van der Waals surface area contributed by atoms with Crippen LogP contribution in [0.4, 0.5) is 0 Å². The Bertz CT molecular complexity index is 354. The first-order chi connectivity index (χ1) is 6.13. The van der Waals surface area contributed by atoms with Gasteiger partial charge >= 0.3 is 0 Å². The van der Waals surface area contributed by atoms with Gasteiger partial charge in [-0.15, -0.1) is 0 Å². The van der Waals surface area contributed by atoms with Gasteiger partial charge in [-0.25, -0.2) is 4.21 Å². The molecule has 0 fully saturated rings. The number of rotatable bonds is 3. The summed E-state index contributed by atoms with van der Waals surface area (Å²) in [6, 6.07) is 8.81. The third kappa shape index (κ3) is 2.36. The summed E-state index contributed by atoms with van der Waals surface area (Å²) in [6.07, 6.45) is 0. The van der Waals surface area contributed by atoms with Crippen LogP contribution in [-0.4, -0.2) is 9.99 Å². The zero-order chi connectivity index (χ0) is 9.84. The molecule has 1 unspecified atom stereocenters. The number of benzene rings is 1. The first kappa shape index (κ1) is 9.86. The fourth-order valence-corrected chi connectivity index (χ4v) is 1.77. The van der Waals surface area contributed by atoms with E-state index in [-0.39, 0.29) is 10.7 Å². The molecule has 0 radical (unpaired) electrons. The van der Waals surface area contributed by atoms with Crippen LogP contribution in [0, 0.1) is 0 Å². The Morgan fingerprint density at radius 1 is 1.31 bits per heavy atom. The maximum atomic E-state index is 11.6. The number of carbonyl (C=O) groups is 1. The molecule has 0 amide bonds. The summed E-state index contributed by atoms with van der Waals surface area (Å²) in [5.41, 5.74) is 0. The van der Waals surface area contributed by atoms with E-state index in [0.717, 1.165) is 0 Å². The van der Waals surface area contributed by atoms with E-state index in [9.17, 15) is 9.00 Å². The van der Waals surface area contributed by atoms with Crippen molar-refractivity contribution in [2.24, 2.45) is 0 Å². The maximum Gasteiger partial charge on any atom is 0.168 e. The summed E-state index contributed by atoms with van der Waals surface area (Å²) in [7, 11) is -1.40. The standard InChI is InChI=1S/C10H10O2S/c1-8(11)9(2)13(12)10-6-4-3-5-7-10/h3-7H,2H2,1H3. The molecule has 0 heterocycles. The highest BCUT2D eigenvalue weighted by Crippen LogP contribution is 2.12. The van der Waals surface area contributed by atoms with Gasteiger partial charge in [-0.2, -0.15) is 0 Å². The lowest BCUT2D eigenvalue weighted by atomic mass is 10.4. The highest BCUT2D eigenvalue weighted by atomic mass is 32.2. The van der Waals surface area contributed by atoms with Gasteiger partial charge in [-0.3, -0.25) is 4.79 Å². The molecule has 0 aromatic heterocycles. The number of allylic oxidation sites excluding steroid dienone is 1. The van der Waals surface area contributed by atoms with Gasteiger partial charge in [0.1, 0.15) is 0 Å². The summed E-state index contributed by atoms with van der Waals surface area (Å²) in [6.45, 7) is 4.85. The molecule has 2 nitrogen and oxygen atoms in total. The van der Waals surface area contributed by atoms with Crippen molar-refractivity contribution in [1.82, 2.24) is 0 Å². The molecule has 68 valence electrons. The Kier molecular flexibility index (Phi) is 3.14. The highest BCUT2D eigenvalue weighted by molar-refractivity contribution is 7.90. The minimum atomic E-state index is -1.40. The summed E-state index contributed by atoms with van der Waals surface area (Å²) in [5.74, 6) is -0.234. The largest absolute Gasteiger partial charge is 0.294 e. The molecular formula is C10H10O2S. The number of hydrogen-bond acceptors (Lipinski definition) is 2. The van der Waals surface area contributed by atoms with E-state index in [1.54, 1.807) is 24.3 Å². The second-order valence-electron chi connectivity index (χ2n) is 2.56. The van der Waals surface area contributed by atoms with Gasteiger partial charge in [0.2, 0.25) is 0 Å². The molecule has 1 rings (SSSR count). The SMILES string of the molecule is C=C(C(C)=O)S(=O)c1ccccc1. The van der Waals surface area contributed by atoms with Crippen LogP contribution in [0.2, 0.25) is 0 Å². The lowest BCUT2D eigenvalue weighted by Crippen LogP contribution is -2.02. The Morgan fingerprint density at radius 2 is 1.85 bits per heavy atom. The normalized spacial score (nSPS) is 12.1. The van der Waals surface area contributed by atoms with E-state index in [2.05, 4.69) is 6.58 Å². The third-order valence-electron chi connectivity index (χ3n) is 1.57. The molecule has 3 heteroatoms. The zero-order valence-electron chi connectivity index (χ0n) is 7.32. The summed E-state index contributed by atoms with van der Waals surface area (Å²) in [5, 5.41) is 0. The predicted octanol–water partition coefficient (Wildman–Crippen LogP) is 1.90. The van der Waals surface area contributed by atoms with Gasteiger partial charge in [-0.05, 0) is 19.1 Å². The molecule has 1 atom stereocenters. The van der Waals surface area contributed by atoms with Gasteiger partial charge in [0.05, 0.1) is 15.7 Å². The van der Waals surface area contributed by atoms with Crippen molar-refractivity contribution in [2.75, 3.05) is 0 Å². The Balaban J connectivity index is 2.93. The molecule has 13 heavy (non-hydrogen) atoms. The maximum absolute atomic E-state index is 11.6. The molecular weight excluding hydrogens is 184 g/mol. The quantitative estimate of drug-likeness (QED) is 0.689. The van der Waals surface area contributed by atoms with Crippen LogP contribution in [-0.2, 0) is 15.6 Å². The molecule has 0 saturated heterocycles. The van der Waals surface area contributed by atoms with Crippen LogP contribution in [0.3, 0.4) is 0 Å². The van der Waals surface area contributed by atoms with E-state index in [0.29, 0.717) is 4.90 Å². The lowest BCUT2D eigenvalue weighted by Gasteiger charge is -2.00. The summed E-state index contributed by atoms with van der Waals surface area (Å²) >= 11 is 0. The zero-order valence-corrected chi connectivity index (χ0v) is 8.14. The van der Waals surface area contributed by atoms with Crippen molar-refractivity contribution in [1.29, 1.82) is 0 Å². The van der Waals surface area contributed by atoms with Gasteiger partial charge in [0.15, 0.2) is 5.78 Å². The molecule has 1 aromatic rings. The number of Topliss-reactive ketones (excluding diaryl/α,β-unsaturated/α-hetero) is 1. The van der Waals surface area contributed by atoms with E-state index in [4.69, 9.17) is 0 Å². The summed E-state index contributed by atoms with van der Waals surface area (Å²) in [4.78, 5) is 11.6. The molecule has 0 aliphatic rings. The van der Waals surface area contributed by atoms with Gasteiger partial charge in [-0.1, -0.05) is 24.8 Å². The smallest absolute Gasteiger partial charge is 0.168 e. The van der Waals surface area contributed by atoms with Gasteiger partial charge in [0, 0.05) is 4.90 Å². The van der Waals surface area contributed by atoms with Crippen LogP contribution >= 0.6 is 0 Å². The van der Waals surface area contributed by atoms with Crippen molar-refractivity contribution in [2.45, 2.75) is 11.8 Å². The molecule has 0 bridgehead atoms. The van der Waals surface area contributed by atoms with Crippen molar-refractivity contribution >= 4 is 16.6 Å². The Labute approximate surface area is 79.7 Å². The predicted molar refractivity (Wildman–Crippen MR) is 52.7 cm³/mol. The minimum Gasteiger partial charge on any atom is -0.294 e. The molecule has 1 aromatic carbocycles. The van der Waals surface area contributed by atoms with E-state index < -0.39 is 10.8 Å². The van der Waals surface area contributed by atoms with Crippen molar-refractivity contribution in [3.8, 4) is 0 Å². The van der Waals surface area contributed by atoms with Crippen LogP contribution in [0.1, 0.15) is 6.92 Å². The van der Waals surface area contributed by atoms with Crippen LogP contribution in [0.25, 0.3) is 0 Å². The Morgan fingerprint density at radius 3 is 2.31 bits per heavy atom. The molecule has 0 N–H and O–H groups in total. The number of hydrogen-bond donors (Lipinski definition) is 0. The minimum absolute atomic E-state index is 0.145. The van der Waals surface area contributed by atoms with E-state index in [1.165, 1.54) is 6.92 Å². The van der Waals surface area contributed by atoms with Crippen LogP contribution in [0.5, 0.6) is 0 Å². The van der Waals surface area contributed by atoms with Crippen LogP contribution < -0.4 is 0 Å². The second kappa shape index (κ2) is 4.14. The fraction of sp³-hybridized carbons (Fsp3) is 0.100. The van der Waals surface area contributed by atoms with Crippen molar-refractivity contribution < 1.29 is 9.00 Å². The highest BCUT2D eigenvalue weighted by Gasteiger charge is 2.10. The van der Waals surface area contributed by atoms with Crippen molar-refractivity contribution in [3.63, 3.8) is 0 Å². The molecule has 0 aliphatic carbocycles. The molecule has 0 aliphatic heterocycles. The van der Waals surface area contributed by atoms with Gasteiger partial charge < -0.3 is 0 Å². The average Bonchev–Trinajstić information content (AvgIpc) is 2.17. The number of ketones is 1. The monoisotopic (exact) mass is 194 g/mol. The third-order valence-corrected chi connectivity index (χ3v) is 3.01. The summed E-state index contributed by atoms with van der Waals surface area (Å²) < 4.78 is 11.6. The topological polar surface area (TPSA) is 34.1 Å². The van der Waals surface area contributed by atoms with Crippen molar-refractivity contribution in [3.05, 3.63) is 41.8 Å².